The van der Waals surface area contributed by atoms with E-state index in [4.69, 9.17) is 18.9 Å². The van der Waals surface area contributed by atoms with E-state index >= 15 is 0 Å². The Hall–Kier alpha value is -2.16. The van der Waals surface area contributed by atoms with Crippen molar-refractivity contribution in [2.45, 2.75) is 19.1 Å². The van der Waals surface area contributed by atoms with E-state index in [0.717, 1.165) is 63.0 Å². The van der Waals surface area contributed by atoms with E-state index in [1.54, 1.807) is 0 Å². The molecule has 1 N–H and O–H groups in total. The number of rotatable bonds is 9. The molecule has 2 aliphatic heterocycles. The minimum Gasteiger partial charge on any atom is -0.492 e. The lowest BCUT2D eigenvalue weighted by atomic mass is 10.1. The summed E-state index contributed by atoms with van der Waals surface area (Å²) in [6, 6.07) is 16.1. The fraction of sp³-hybridized carbons (Fsp3) is 0.538. The minimum absolute atomic E-state index is 0.192. The first-order valence-electron chi connectivity index (χ1n) is 11.8. The van der Waals surface area contributed by atoms with Gasteiger partial charge in [0.2, 0.25) is 0 Å². The third kappa shape index (κ3) is 7.69. The Morgan fingerprint density at radius 3 is 2.48 bits per heavy atom. The van der Waals surface area contributed by atoms with Gasteiger partial charge < -0.3 is 24.1 Å². The summed E-state index contributed by atoms with van der Waals surface area (Å²) in [6.07, 6.45) is 0. The second-order valence-corrected chi connectivity index (χ2v) is 9.04. The summed E-state index contributed by atoms with van der Waals surface area (Å²) in [5.41, 5.74) is 1.27. The van der Waals surface area contributed by atoms with Crippen molar-refractivity contribution < 1.29 is 24.1 Å². The first kappa shape index (κ1) is 24.0. The molecule has 0 aromatic heterocycles. The molecule has 2 aliphatic rings. The Labute approximate surface area is 196 Å². The molecule has 4 rings (SSSR count). The minimum atomic E-state index is -1.06. The number of aliphatic hydroxyl groups is 1. The van der Waals surface area contributed by atoms with Crippen molar-refractivity contribution in [2.75, 3.05) is 72.4 Å². The summed E-state index contributed by atoms with van der Waals surface area (Å²) < 4.78 is 23.0. The Kier molecular flexibility index (Phi) is 8.58. The highest BCUT2D eigenvalue weighted by Gasteiger charge is 2.33. The van der Waals surface area contributed by atoms with Crippen LogP contribution in [0.15, 0.2) is 48.5 Å². The molecule has 1 atom stereocenters. The maximum absolute atomic E-state index is 11.2. The van der Waals surface area contributed by atoms with Crippen LogP contribution >= 0.6 is 0 Å². The summed E-state index contributed by atoms with van der Waals surface area (Å²) in [5.74, 6) is 1.64. The number of hydrogen-bond donors (Lipinski definition) is 1. The fourth-order valence-electron chi connectivity index (χ4n) is 4.18. The van der Waals surface area contributed by atoms with Crippen molar-refractivity contribution in [3.63, 3.8) is 0 Å². The van der Waals surface area contributed by atoms with Crippen molar-refractivity contribution in [1.82, 2.24) is 9.80 Å². The van der Waals surface area contributed by atoms with Crippen molar-refractivity contribution in [1.29, 1.82) is 0 Å². The molecular weight excluding hydrogens is 420 g/mol. The van der Waals surface area contributed by atoms with E-state index < -0.39 is 5.60 Å². The molecule has 2 heterocycles. The Morgan fingerprint density at radius 1 is 0.909 bits per heavy atom. The van der Waals surface area contributed by atoms with Gasteiger partial charge in [0.15, 0.2) is 0 Å². The van der Waals surface area contributed by atoms with Gasteiger partial charge in [0.25, 0.3) is 0 Å². The third-order valence-corrected chi connectivity index (χ3v) is 6.05. The molecule has 0 radical (unpaired) electrons. The molecule has 7 heteroatoms. The molecule has 33 heavy (non-hydrogen) atoms. The van der Waals surface area contributed by atoms with Crippen molar-refractivity contribution in [3.05, 3.63) is 59.7 Å². The lowest BCUT2D eigenvalue weighted by molar-refractivity contribution is -0.0646. The molecule has 0 aliphatic carbocycles. The largest absolute Gasteiger partial charge is 0.492 e. The van der Waals surface area contributed by atoms with Crippen LogP contribution in [0.4, 0.5) is 0 Å². The van der Waals surface area contributed by atoms with Gasteiger partial charge in [-0.15, -0.1) is 0 Å². The van der Waals surface area contributed by atoms with Gasteiger partial charge in [0.05, 0.1) is 26.4 Å². The van der Waals surface area contributed by atoms with Gasteiger partial charge in [-0.05, 0) is 36.8 Å². The van der Waals surface area contributed by atoms with Crippen LogP contribution in [0.1, 0.15) is 11.1 Å². The molecule has 0 unspecified atom stereocenters. The second-order valence-electron chi connectivity index (χ2n) is 9.04. The van der Waals surface area contributed by atoms with Gasteiger partial charge in [0, 0.05) is 39.3 Å². The lowest BCUT2D eigenvalue weighted by Crippen LogP contribution is -2.48. The van der Waals surface area contributed by atoms with Gasteiger partial charge >= 0.3 is 0 Å². The van der Waals surface area contributed by atoms with E-state index in [9.17, 15) is 5.11 Å². The van der Waals surface area contributed by atoms with Gasteiger partial charge in [-0.1, -0.05) is 29.8 Å². The van der Waals surface area contributed by atoms with E-state index in [-0.39, 0.29) is 13.2 Å². The van der Waals surface area contributed by atoms with Crippen LogP contribution in [0, 0.1) is 6.92 Å². The lowest BCUT2D eigenvalue weighted by Gasteiger charge is -2.30. The van der Waals surface area contributed by atoms with Gasteiger partial charge in [0.1, 0.15) is 30.3 Å². The van der Waals surface area contributed by atoms with Gasteiger partial charge in [-0.25, -0.2) is 0 Å². The first-order valence-corrected chi connectivity index (χ1v) is 11.8. The number of β-amino-alcohol motifs (C(OH)–C–C–N with tert-alkyl or cyclic N) is 1. The average molecular weight is 457 g/mol. The number of hydrogen-bond acceptors (Lipinski definition) is 7. The quantitative estimate of drug-likeness (QED) is 0.621. The van der Waals surface area contributed by atoms with Crippen molar-refractivity contribution >= 4 is 0 Å². The molecule has 2 aromatic carbocycles. The fourth-order valence-corrected chi connectivity index (χ4v) is 4.18. The van der Waals surface area contributed by atoms with E-state index in [1.165, 1.54) is 5.56 Å². The molecule has 0 amide bonds. The highest BCUT2D eigenvalue weighted by atomic mass is 16.5. The number of ether oxygens (including phenoxy) is 4. The summed E-state index contributed by atoms with van der Waals surface area (Å²) >= 11 is 0. The first-order chi connectivity index (χ1) is 16.1. The molecule has 0 spiro atoms. The Bertz CT molecular complexity index is 856. The zero-order chi connectivity index (χ0) is 22.9. The monoisotopic (exact) mass is 456 g/mol. The standard InChI is InChI=1S/C26H36N2O5/c1-22-5-7-24(8-6-22)33-21-26(29)19-28(11-15-31-20-26)18-23-3-2-4-25(17-23)32-16-12-27-9-13-30-14-10-27/h2-8,17,29H,9-16,18-21H2,1H3/t26-/m1/s1. The summed E-state index contributed by atoms with van der Waals surface area (Å²) in [7, 11) is 0. The maximum Gasteiger partial charge on any atom is 0.134 e. The summed E-state index contributed by atoms with van der Waals surface area (Å²) in [5, 5.41) is 11.2. The van der Waals surface area contributed by atoms with Crippen molar-refractivity contribution in [2.24, 2.45) is 0 Å². The predicted octanol–water partition coefficient (Wildman–Crippen LogP) is 2.35. The van der Waals surface area contributed by atoms with Crippen LogP contribution in [0.5, 0.6) is 11.5 Å². The normalized spacial score (nSPS) is 22.6. The summed E-state index contributed by atoms with van der Waals surface area (Å²) in [6.45, 7) is 10.2. The molecule has 7 nitrogen and oxygen atoms in total. The summed E-state index contributed by atoms with van der Waals surface area (Å²) in [4.78, 5) is 4.59. The molecule has 180 valence electrons. The molecule has 0 bridgehead atoms. The van der Waals surface area contributed by atoms with Crippen LogP contribution in [-0.4, -0.2) is 92.9 Å². The number of morpholine rings is 1. The molecule has 0 saturated carbocycles. The highest BCUT2D eigenvalue weighted by Crippen LogP contribution is 2.20. The van der Waals surface area contributed by atoms with Crippen molar-refractivity contribution in [3.8, 4) is 11.5 Å². The Balaban J connectivity index is 1.28. The van der Waals surface area contributed by atoms with Crippen LogP contribution in [0.2, 0.25) is 0 Å². The maximum atomic E-state index is 11.2. The van der Waals surface area contributed by atoms with Crippen LogP contribution in [0.25, 0.3) is 0 Å². The van der Waals surface area contributed by atoms with Crippen LogP contribution < -0.4 is 9.47 Å². The Morgan fingerprint density at radius 2 is 1.67 bits per heavy atom. The van der Waals surface area contributed by atoms with E-state index in [1.807, 2.05) is 43.3 Å². The number of aryl methyl sites for hydroxylation is 1. The molecule has 2 aromatic rings. The zero-order valence-corrected chi connectivity index (χ0v) is 19.6. The zero-order valence-electron chi connectivity index (χ0n) is 19.6. The molecular formula is C26H36N2O5. The highest BCUT2D eigenvalue weighted by molar-refractivity contribution is 5.29. The second kappa shape index (κ2) is 11.8. The number of benzene rings is 2. The van der Waals surface area contributed by atoms with E-state index in [2.05, 4.69) is 21.9 Å². The third-order valence-electron chi connectivity index (χ3n) is 6.05. The van der Waals surface area contributed by atoms with E-state index in [0.29, 0.717) is 19.8 Å². The van der Waals surface area contributed by atoms with Gasteiger partial charge in [-0.3, -0.25) is 9.80 Å². The van der Waals surface area contributed by atoms with Crippen LogP contribution in [-0.2, 0) is 16.0 Å². The number of nitrogens with zero attached hydrogens (tertiary/aromatic N) is 2. The molecule has 2 saturated heterocycles. The predicted molar refractivity (Wildman–Crippen MR) is 127 cm³/mol. The smallest absolute Gasteiger partial charge is 0.134 e. The van der Waals surface area contributed by atoms with Crippen LogP contribution in [0.3, 0.4) is 0 Å². The SMILES string of the molecule is Cc1ccc(OC[C@]2(O)COCCN(Cc3cccc(OCCN4CCOCC4)c3)C2)cc1. The topological polar surface area (TPSA) is 63.6 Å². The van der Waals surface area contributed by atoms with Gasteiger partial charge in [-0.2, -0.15) is 0 Å². The average Bonchev–Trinajstić information content (AvgIpc) is 3.01. The molecule has 2 fully saturated rings.